The van der Waals surface area contributed by atoms with Crippen molar-refractivity contribution in [2.45, 2.75) is 18.3 Å². The molecule has 0 bridgehead atoms. The fourth-order valence-corrected chi connectivity index (χ4v) is 3.40. The van der Waals surface area contributed by atoms with Gasteiger partial charge in [-0.15, -0.1) is 0 Å². The number of fused-ring (bicyclic) bond motifs is 2. The Labute approximate surface area is 120 Å². The molecule has 1 aromatic rings. The first-order valence-electron chi connectivity index (χ1n) is 7.32. The van der Waals surface area contributed by atoms with Crippen molar-refractivity contribution >= 4 is 12.0 Å². The van der Waals surface area contributed by atoms with Crippen LogP contribution in [0.4, 0.5) is 0 Å². The van der Waals surface area contributed by atoms with Crippen LogP contribution in [0.1, 0.15) is 24.0 Å². The smallest absolute Gasteiger partial charge is 0.236 e. The van der Waals surface area contributed by atoms with Crippen LogP contribution in [-0.2, 0) is 10.2 Å². The number of allylic oxidation sites excluding steroid dienone is 1. The number of amides is 1. The number of carbonyl (C=O) groups excluding carboxylic acids is 1. The molecule has 3 heteroatoms. The van der Waals surface area contributed by atoms with E-state index >= 15 is 0 Å². The van der Waals surface area contributed by atoms with Gasteiger partial charge >= 0.3 is 0 Å². The van der Waals surface area contributed by atoms with Crippen LogP contribution in [0.3, 0.4) is 0 Å². The Balaban J connectivity index is 1.71. The van der Waals surface area contributed by atoms with Crippen LogP contribution in [0.2, 0.25) is 0 Å². The molecule has 3 rings (SSSR count). The number of carbonyl (C=O) groups is 1. The van der Waals surface area contributed by atoms with E-state index in [1.807, 2.05) is 23.9 Å². The van der Waals surface area contributed by atoms with Gasteiger partial charge in [-0.1, -0.05) is 36.4 Å². The van der Waals surface area contributed by atoms with Gasteiger partial charge in [0.1, 0.15) is 0 Å². The molecule has 1 fully saturated rings. The van der Waals surface area contributed by atoms with Crippen molar-refractivity contribution in [1.82, 2.24) is 9.80 Å². The number of likely N-dealkylation sites (N-methyl/N-ethyl adjacent to an activating group) is 1. The molecule has 20 heavy (non-hydrogen) atoms. The molecule has 1 aliphatic carbocycles. The van der Waals surface area contributed by atoms with Gasteiger partial charge in [0.25, 0.3) is 0 Å². The van der Waals surface area contributed by atoms with Gasteiger partial charge in [-0.25, -0.2) is 0 Å². The predicted octanol–water partition coefficient (Wildman–Crippen LogP) is 2.14. The van der Waals surface area contributed by atoms with Crippen molar-refractivity contribution in [2.75, 3.05) is 33.7 Å². The van der Waals surface area contributed by atoms with E-state index < -0.39 is 0 Å². The van der Waals surface area contributed by atoms with Gasteiger partial charge in [-0.3, -0.25) is 4.79 Å². The summed E-state index contributed by atoms with van der Waals surface area (Å²) in [6.07, 6.45) is 6.68. The molecule has 1 spiro atoms. The molecule has 1 amide bonds. The van der Waals surface area contributed by atoms with Crippen LogP contribution in [0, 0.1) is 0 Å². The van der Waals surface area contributed by atoms with Gasteiger partial charge in [0.15, 0.2) is 0 Å². The molecule has 1 heterocycles. The maximum atomic E-state index is 12.1. The lowest BCUT2D eigenvalue weighted by Gasteiger charge is -2.39. The van der Waals surface area contributed by atoms with E-state index in [1.54, 1.807) is 0 Å². The quantitative estimate of drug-likeness (QED) is 0.822. The number of likely N-dealkylation sites (tertiary alicyclic amines) is 1. The predicted molar refractivity (Wildman–Crippen MR) is 81.5 cm³/mol. The summed E-state index contributed by atoms with van der Waals surface area (Å²) < 4.78 is 0. The van der Waals surface area contributed by atoms with Crippen molar-refractivity contribution in [3.63, 3.8) is 0 Å². The van der Waals surface area contributed by atoms with Crippen LogP contribution < -0.4 is 0 Å². The third kappa shape index (κ3) is 2.27. The van der Waals surface area contributed by atoms with Crippen LogP contribution in [0.5, 0.6) is 0 Å². The first-order chi connectivity index (χ1) is 9.61. The SMILES string of the molecule is CN(C)CC(=O)N1CCC2(C=Cc3ccccc32)CC1. The normalized spacial score (nSPS) is 19.6. The second-order valence-electron chi connectivity index (χ2n) is 6.20. The molecule has 0 radical (unpaired) electrons. The second kappa shape index (κ2) is 5.06. The molecule has 2 aliphatic rings. The van der Waals surface area contributed by atoms with E-state index in [2.05, 4.69) is 36.4 Å². The van der Waals surface area contributed by atoms with Gasteiger partial charge in [0.05, 0.1) is 6.54 Å². The maximum absolute atomic E-state index is 12.1. The maximum Gasteiger partial charge on any atom is 0.236 e. The Morgan fingerprint density at radius 1 is 1.25 bits per heavy atom. The molecule has 0 N–H and O–H groups in total. The molecule has 1 aromatic carbocycles. The third-order valence-corrected chi connectivity index (χ3v) is 4.54. The van der Waals surface area contributed by atoms with Gasteiger partial charge in [-0.2, -0.15) is 0 Å². The summed E-state index contributed by atoms with van der Waals surface area (Å²) in [5.74, 6) is 0.250. The average Bonchev–Trinajstić information content (AvgIpc) is 2.78. The van der Waals surface area contributed by atoms with Crippen molar-refractivity contribution in [3.05, 3.63) is 41.5 Å². The summed E-state index contributed by atoms with van der Waals surface area (Å²) in [5.41, 5.74) is 2.96. The first-order valence-corrected chi connectivity index (χ1v) is 7.32. The Morgan fingerprint density at radius 2 is 1.95 bits per heavy atom. The van der Waals surface area contributed by atoms with E-state index in [0.29, 0.717) is 6.54 Å². The first kappa shape index (κ1) is 13.4. The van der Waals surface area contributed by atoms with Gasteiger partial charge in [0.2, 0.25) is 5.91 Å². The Morgan fingerprint density at radius 3 is 2.65 bits per heavy atom. The van der Waals surface area contributed by atoms with Gasteiger partial charge in [0, 0.05) is 18.5 Å². The molecule has 106 valence electrons. The summed E-state index contributed by atoms with van der Waals surface area (Å²) in [5, 5.41) is 0. The molecular weight excluding hydrogens is 248 g/mol. The minimum atomic E-state index is 0.172. The standard InChI is InChI=1S/C17H22N2O/c1-18(2)13-16(20)19-11-9-17(10-12-19)8-7-14-5-3-4-6-15(14)17/h3-8H,9-13H2,1-2H3. The van der Waals surface area contributed by atoms with Crippen molar-refractivity contribution in [3.8, 4) is 0 Å². The lowest BCUT2D eigenvalue weighted by molar-refractivity contribution is -0.133. The van der Waals surface area contributed by atoms with Crippen molar-refractivity contribution in [2.24, 2.45) is 0 Å². The lowest BCUT2D eigenvalue weighted by Crippen LogP contribution is -2.46. The molecule has 1 aliphatic heterocycles. The molecule has 0 saturated carbocycles. The molecule has 0 unspecified atom stereocenters. The zero-order valence-corrected chi connectivity index (χ0v) is 12.3. The summed E-state index contributed by atoms with van der Waals surface area (Å²) in [4.78, 5) is 16.1. The number of hydrogen-bond acceptors (Lipinski definition) is 2. The molecule has 0 atom stereocenters. The Bertz CT molecular complexity index is 540. The summed E-state index contributed by atoms with van der Waals surface area (Å²) in [7, 11) is 3.89. The number of hydrogen-bond donors (Lipinski definition) is 0. The minimum absolute atomic E-state index is 0.172. The van der Waals surface area contributed by atoms with Gasteiger partial charge < -0.3 is 9.80 Å². The number of nitrogens with zero attached hydrogens (tertiary/aromatic N) is 2. The lowest BCUT2D eigenvalue weighted by atomic mass is 9.74. The van der Waals surface area contributed by atoms with E-state index in [0.717, 1.165) is 25.9 Å². The highest BCUT2D eigenvalue weighted by Gasteiger charge is 2.38. The zero-order chi connectivity index (χ0) is 14.2. The second-order valence-corrected chi connectivity index (χ2v) is 6.20. The fourth-order valence-electron chi connectivity index (χ4n) is 3.40. The minimum Gasteiger partial charge on any atom is -0.342 e. The Kier molecular flexibility index (Phi) is 3.38. The molecule has 3 nitrogen and oxygen atoms in total. The summed E-state index contributed by atoms with van der Waals surface area (Å²) >= 11 is 0. The Hall–Kier alpha value is -1.61. The highest BCUT2D eigenvalue weighted by molar-refractivity contribution is 5.78. The highest BCUT2D eigenvalue weighted by Crippen LogP contribution is 2.43. The summed E-state index contributed by atoms with van der Waals surface area (Å²) in [6, 6.07) is 8.64. The zero-order valence-electron chi connectivity index (χ0n) is 12.3. The van der Waals surface area contributed by atoms with Gasteiger partial charge in [-0.05, 0) is 38.1 Å². The fraction of sp³-hybridized carbons (Fsp3) is 0.471. The average molecular weight is 270 g/mol. The highest BCUT2D eigenvalue weighted by atomic mass is 16.2. The topological polar surface area (TPSA) is 23.6 Å². The monoisotopic (exact) mass is 270 g/mol. The number of rotatable bonds is 2. The van der Waals surface area contributed by atoms with Crippen LogP contribution in [0.25, 0.3) is 6.08 Å². The van der Waals surface area contributed by atoms with Crippen LogP contribution in [-0.4, -0.2) is 49.4 Å². The van der Waals surface area contributed by atoms with E-state index in [1.165, 1.54) is 11.1 Å². The summed E-state index contributed by atoms with van der Waals surface area (Å²) in [6.45, 7) is 2.25. The van der Waals surface area contributed by atoms with Crippen molar-refractivity contribution in [1.29, 1.82) is 0 Å². The number of piperidine rings is 1. The largest absolute Gasteiger partial charge is 0.342 e. The van der Waals surface area contributed by atoms with Crippen LogP contribution in [0.15, 0.2) is 30.3 Å². The van der Waals surface area contributed by atoms with E-state index in [9.17, 15) is 4.79 Å². The third-order valence-electron chi connectivity index (χ3n) is 4.54. The molecule has 1 saturated heterocycles. The molecule has 0 aromatic heterocycles. The number of benzene rings is 1. The molecular formula is C17H22N2O. The van der Waals surface area contributed by atoms with E-state index in [-0.39, 0.29) is 11.3 Å². The van der Waals surface area contributed by atoms with Crippen molar-refractivity contribution < 1.29 is 4.79 Å². The van der Waals surface area contributed by atoms with E-state index in [4.69, 9.17) is 0 Å². The van der Waals surface area contributed by atoms with Crippen LogP contribution >= 0.6 is 0 Å².